The molecule has 0 unspecified atom stereocenters. The van der Waals surface area contributed by atoms with Crippen LogP contribution < -0.4 is 4.74 Å². The average molecular weight is 246 g/mol. The first-order valence-corrected chi connectivity index (χ1v) is 5.96. The number of methoxy groups -OCH3 is 1. The molecule has 0 aliphatic heterocycles. The number of aromatic amines is 1. The van der Waals surface area contributed by atoms with Crippen LogP contribution in [-0.4, -0.2) is 28.8 Å². The van der Waals surface area contributed by atoms with Gasteiger partial charge in [-0.3, -0.25) is 0 Å². The summed E-state index contributed by atoms with van der Waals surface area (Å²) in [5, 5.41) is 8.88. The summed E-state index contributed by atoms with van der Waals surface area (Å²) in [7, 11) is 1.69. The zero-order valence-corrected chi connectivity index (χ0v) is 10.9. The van der Waals surface area contributed by atoms with Crippen molar-refractivity contribution in [3.05, 3.63) is 35.3 Å². The van der Waals surface area contributed by atoms with E-state index < -0.39 is 0 Å². The highest BCUT2D eigenvalue weighted by atomic mass is 16.5. The Kier molecular flexibility index (Phi) is 3.67. The normalized spacial score (nSPS) is 10.7. The first kappa shape index (κ1) is 12.6. The second kappa shape index (κ2) is 5.23. The molecule has 4 heteroatoms. The molecule has 0 amide bonds. The van der Waals surface area contributed by atoms with E-state index in [-0.39, 0.29) is 6.61 Å². The average Bonchev–Trinajstić information content (AvgIpc) is 2.78. The third-order valence-corrected chi connectivity index (χ3v) is 2.95. The second-order valence-corrected chi connectivity index (χ2v) is 4.36. The maximum absolute atomic E-state index is 8.88. The molecule has 4 nitrogen and oxygen atoms in total. The number of H-pyrrole nitrogens is 1. The fourth-order valence-corrected chi connectivity index (χ4v) is 2.17. The van der Waals surface area contributed by atoms with Gasteiger partial charge in [-0.1, -0.05) is 0 Å². The number of hydrogen-bond donors (Lipinski definition) is 2. The Morgan fingerprint density at radius 3 is 2.50 bits per heavy atom. The molecule has 0 spiro atoms. The Morgan fingerprint density at radius 1 is 1.28 bits per heavy atom. The van der Waals surface area contributed by atoms with E-state index in [0.717, 1.165) is 34.0 Å². The molecule has 0 atom stereocenters. The van der Waals surface area contributed by atoms with E-state index in [1.54, 1.807) is 13.3 Å². The standard InChI is InChI=1S/C14H18N2O2/c1-9-6-11(7-10(2)14(9)18-3)12-8-15-13(16-12)4-5-17/h6-8,17H,4-5H2,1-3H3,(H,15,16). The van der Waals surface area contributed by atoms with Gasteiger partial charge in [-0.05, 0) is 37.1 Å². The van der Waals surface area contributed by atoms with Gasteiger partial charge in [0.15, 0.2) is 0 Å². The highest BCUT2D eigenvalue weighted by Gasteiger charge is 2.08. The summed E-state index contributed by atoms with van der Waals surface area (Å²) in [6, 6.07) is 4.14. The van der Waals surface area contributed by atoms with E-state index >= 15 is 0 Å². The van der Waals surface area contributed by atoms with Gasteiger partial charge in [-0.2, -0.15) is 0 Å². The van der Waals surface area contributed by atoms with Crippen molar-refractivity contribution in [3.8, 4) is 17.0 Å². The van der Waals surface area contributed by atoms with Crippen LogP contribution in [0.2, 0.25) is 0 Å². The number of rotatable bonds is 4. The highest BCUT2D eigenvalue weighted by molar-refractivity contribution is 5.63. The predicted octanol–water partition coefficient (Wildman–Crippen LogP) is 2.24. The van der Waals surface area contributed by atoms with Gasteiger partial charge in [0.25, 0.3) is 0 Å². The molecule has 0 saturated heterocycles. The van der Waals surface area contributed by atoms with Gasteiger partial charge in [0.05, 0.1) is 25.6 Å². The molecule has 0 radical (unpaired) electrons. The Labute approximate surface area is 107 Å². The molecule has 2 N–H and O–H groups in total. The van der Waals surface area contributed by atoms with Gasteiger partial charge in [0.2, 0.25) is 0 Å². The van der Waals surface area contributed by atoms with E-state index in [9.17, 15) is 0 Å². The molecule has 1 aromatic carbocycles. The highest BCUT2D eigenvalue weighted by Crippen LogP contribution is 2.29. The number of nitrogens with one attached hydrogen (secondary N) is 1. The maximum Gasteiger partial charge on any atom is 0.124 e. The smallest absolute Gasteiger partial charge is 0.124 e. The van der Waals surface area contributed by atoms with Crippen LogP contribution in [0.4, 0.5) is 0 Å². The first-order valence-electron chi connectivity index (χ1n) is 5.96. The molecule has 0 aliphatic rings. The van der Waals surface area contributed by atoms with E-state index in [0.29, 0.717) is 6.42 Å². The van der Waals surface area contributed by atoms with Gasteiger partial charge in [-0.15, -0.1) is 0 Å². The van der Waals surface area contributed by atoms with E-state index in [4.69, 9.17) is 9.84 Å². The van der Waals surface area contributed by atoms with Crippen molar-refractivity contribution < 1.29 is 9.84 Å². The molecule has 0 aliphatic carbocycles. The number of aryl methyl sites for hydroxylation is 2. The van der Waals surface area contributed by atoms with Crippen molar-refractivity contribution >= 4 is 0 Å². The Morgan fingerprint density at radius 2 is 1.94 bits per heavy atom. The number of ether oxygens (including phenoxy) is 1. The summed E-state index contributed by atoms with van der Waals surface area (Å²) in [6.45, 7) is 4.16. The molecule has 2 aromatic rings. The molecule has 1 heterocycles. The number of nitrogens with zero attached hydrogens (tertiary/aromatic N) is 1. The van der Waals surface area contributed by atoms with Crippen molar-refractivity contribution in [2.24, 2.45) is 0 Å². The minimum atomic E-state index is 0.105. The number of benzene rings is 1. The molecular weight excluding hydrogens is 228 g/mol. The van der Waals surface area contributed by atoms with Crippen molar-refractivity contribution in [1.82, 2.24) is 9.97 Å². The van der Waals surface area contributed by atoms with Crippen LogP contribution in [0.15, 0.2) is 18.3 Å². The molecular formula is C14H18N2O2. The van der Waals surface area contributed by atoms with Gasteiger partial charge in [-0.25, -0.2) is 4.98 Å². The lowest BCUT2D eigenvalue weighted by atomic mass is 10.0. The summed E-state index contributed by atoms with van der Waals surface area (Å²) in [4.78, 5) is 7.45. The summed E-state index contributed by atoms with van der Waals surface area (Å²) in [5.41, 5.74) is 4.26. The molecule has 18 heavy (non-hydrogen) atoms. The fraction of sp³-hybridized carbons (Fsp3) is 0.357. The van der Waals surface area contributed by atoms with E-state index in [2.05, 4.69) is 22.1 Å². The lowest BCUT2D eigenvalue weighted by molar-refractivity contribution is 0.297. The third kappa shape index (κ3) is 2.38. The number of aromatic nitrogens is 2. The number of imidazole rings is 1. The van der Waals surface area contributed by atoms with Crippen LogP contribution in [-0.2, 0) is 6.42 Å². The monoisotopic (exact) mass is 246 g/mol. The predicted molar refractivity (Wildman–Crippen MR) is 70.8 cm³/mol. The number of aliphatic hydroxyl groups excluding tert-OH is 1. The second-order valence-electron chi connectivity index (χ2n) is 4.36. The van der Waals surface area contributed by atoms with E-state index in [1.165, 1.54) is 0 Å². The first-order chi connectivity index (χ1) is 8.65. The minimum absolute atomic E-state index is 0.105. The van der Waals surface area contributed by atoms with Crippen molar-refractivity contribution in [3.63, 3.8) is 0 Å². The summed E-state index contributed by atoms with van der Waals surface area (Å²) >= 11 is 0. The zero-order chi connectivity index (χ0) is 13.1. The number of aliphatic hydroxyl groups is 1. The van der Waals surface area contributed by atoms with Crippen LogP contribution in [0.1, 0.15) is 17.0 Å². The maximum atomic E-state index is 8.88. The summed E-state index contributed by atoms with van der Waals surface area (Å²) in [6.07, 6.45) is 2.35. The molecule has 0 bridgehead atoms. The fourth-order valence-electron chi connectivity index (χ4n) is 2.17. The van der Waals surface area contributed by atoms with Crippen LogP contribution in [0.25, 0.3) is 11.3 Å². The zero-order valence-electron chi connectivity index (χ0n) is 10.9. The molecule has 2 rings (SSSR count). The van der Waals surface area contributed by atoms with Crippen molar-refractivity contribution in [1.29, 1.82) is 0 Å². The molecule has 0 fully saturated rings. The quantitative estimate of drug-likeness (QED) is 0.869. The Hall–Kier alpha value is -1.81. The van der Waals surface area contributed by atoms with E-state index in [1.807, 2.05) is 13.8 Å². The largest absolute Gasteiger partial charge is 0.496 e. The van der Waals surface area contributed by atoms with Crippen LogP contribution in [0, 0.1) is 13.8 Å². The molecule has 0 saturated carbocycles. The van der Waals surface area contributed by atoms with Crippen molar-refractivity contribution in [2.75, 3.05) is 13.7 Å². The van der Waals surface area contributed by atoms with Gasteiger partial charge in [0, 0.05) is 12.0 Å². The van der Waals surface area contributed by atoms with Crippen molar-refractivity contribution in [2.45, 2.75) is 20.3 Å². The number of hydrogen-bond acceptors (Lipinski definition) is 3. The van der Waals surface area contributed by atoms with Crippen LogP contribution in [0.5, 0.6) is 5.75 Å². The Balaban J connectivity index is 2.38. The minimum Gasteiger partial charge on any atom is -0.496 e. The van der Waals surface area contributed by atoms with Gasteiger partial charge >= 0.3 is 0 Å². The summed E-state index contributed by atoms with van der Waals surface area (Å²) in [5.74, 6) is 1.73. The lowest BCUT2D eigenvalue weighted by Crippen LogP contribution is -1.94. The summed E-state index contributed by atoms with van der Waals surface area (Å²) < 4.78 is 5.35. The molecule has 1 aromatic heterocycles. The van der Waals surface area contributed by atoms with Crippen LogP contribution in [0.3, 0.4) is 0 Å². The van der Waals surface area contributed by atoms with Gasteiger partial charge in [0.1, 0.15) is 11.6 Å². The topological polar surface area (TPSA) is 58.1 Å². The lowest BCUT2D eigenvalue weighted by Gasteiger charge is -2.10. The Bertz CT molecular complexity index is 523. The van der Waals surface area contributed by atoms with Crippen LogP contribution >= 0.6 is 0 Å². The van der Waals surface area contributed by atoms with Gasteiger partial charge < -0.3 is 14.8 Å². The molecule has 96 valence electrons. The SMILES string of the molecule is COc1c(C)cc(-c2cnc(CCO)[nH]2)cc1C. The third-order valence-electron chi connectivity index (χ3n) is 2.95.